The zero-order chi connectivity index (χ0) is 11.3. The highest BCUT2D eigenvalue weighted by Gasteiger charge is 2.31. The van der Waals surface area contributed by atoms with Gasteiger partial charge in [0.25, 0.3) is 0 Å². The smallest absolute Gasteiger partial charge is 0.0348 e. The van der Waals surface area contributed by atoms with Gasteiger partial charge in [0.15, 0.2) is 0 Å². The predicted octanol–water partition coefficient (Wildman–Crippen LogP) is 5.05. The normalized spacial score (nSPS) is 32.7. The second kappa shape index (κ2) is 6.35. The highest BCUT2D eigenvalue weighted by Crippen LogP contribution is 2.41. The van der Waals surface area contributed by atoms with Gasteiger partial charge in [0, 0.05) is 0 Å². The maximum atomic E-state index is 2.47. The van der Waals surface area contributed by atoms with Crippen molar-refractivity contribution < 1.29 is 0 Å². The lowest BCUT2D eigenvalue weighted by Gasteiger charge is -2.39. The van der Waals surface area contributed by atoms with Crippen LogP contribution in [0, 0.1) is 23.7 Å². The molecule has 1 rings (SSSR count). The van der Waals surface area contributed by atoms with Crippen LogP contribution in [-0.4, -0.2) is 0 Å². The molecule has 0 N–H and O–H groups in total. The van der Waals surface area contributed by atoms with Crippen LogP contribution in [0.2, 0.25) is 0 Å². The average molecular weight is 208 g/mol. The molecule has 1 fully saturated rings. The number of hydrogen-bond donors (Lipinski definition) is 0. The monoisotopic (exact) mass is 208 g/mol. The quantitative estimate of drug-likeness (QED) is 0.567. The summed E-state index contributed by atoms with van der Waals surface area (Å²) in [6.07, 6.45) is 11.6. The molecule has 15 heavy (non-hydrogen) atoms. The standard InChI is InChI=1S/C15H28/c1-5-6-7-10-15-13(4)9-8-11-14(15)12(2)3/h5-6,12-15H,7-11H2,1-4H3. The summed E-state index contributed by atoms with van der Waals surface area (Å²) >= 11 is 0. The molecule has 3 unspecified atom stereocenters. The second-order valence-electron chi connectivity index (χ2n) is 5.63. The molecular weight excluding hydrogens is 180 g/mol. The van der Waals surface area contributed by atoms with E-state index in [0.29, 0.717) is 0 Å². The van der Waals surface area contributed by atoms with Gasteiger partial charge < -0.3 is 0 Å². The summed E-state index contributed by atoms with van der Waals surface area (Å²) in [7, 11) is 0. The van der Waals surface area contributed by atoms with Crippen LogP contribution in [-0.2, 0) is 0 Å². The van der Waals surface area contributed by atoms with Gasteiger partial charge in [-0.25, -0.2) is 0 Å². The van der Waals surface area contributed by atoms with E-state index in [0.717, 1.165) is 23.7 Å². The van der Waals surface area contributed by atoms with Crippen LogP contribution in [0.1, 0.15) is 59.8 Å². The first-order valence-corrected chi connectivity index (χ1v) is 6.78. The predicted molar refractivity (Wildman–Crippen MR) is 68.9 cm³/mol. The van der Waals surface area contributed by atoms with Gasteiger partial charge in [-0.3, -0.25) is 0 Å². The van der Waals surface area contributed by atoms with Crippen molar-refractivity contribution in [1.82, 2.24) is 0 Å². The lowest BCUT2D eigenvalue weighted by molar-refractivity contribution is 0.116. The van der Waals surface area contributed by atoms with Crippen LogP contribution in [0.5, 0.6) is 0 Å². The molecule has 0 nitrogen and oxygen atoms in total. The second-order valence-corrected chi connectivity index (χ2v) is 5.63. The lowest BCUT2D eigenvalue weighted by Crippen LogP contribution is -2.30. The number of allylic oxidation sites excluding steroid dienone is 2. The fourth-order valence-electron chi connectivity index (χ4n) is 3.31. The first-order valence-electron chi connectivity index (χ1n) is 6.78. The molecule has 0 aromatic carbocycles. The number of hydrogen-bond acceptors (Lipinski definition) is 0. The Bertz CT molecular complexity index is 190. The molecule has 0 radical (unpaired) electrons. The molecule has 1 aliphatic rings. The van der Waals surface area contributed by atoms with Crippen LogP contribution in [0.15, 0.2) is 12.2 Å². The van der Waals surface area contributed by atoms with Crippen molar-refractivity contribution in [3.8, 4) is 0 Å². The first-order chi connectivity index (χ1) is 7.16. The van der Waals surface area contributed by atoms with E-state index in [9.17, 15) is 0 Å². The fourth-order valence-corrected chi connectivity index (χ4v) is 3.31. The Balaban J connectivity index is 2.52. The molecule has 1 aliphatic carbocycles. The third-order valence-electron chi connectivity index (χ3n) is 4.24. The Labute approximate surface area is 96.2 Å². The van der Waals surface area contributed by atoms with Crippen molar-refractivity contribution in [2.45, 2.75) is 59.8 Å². The highest BCUT2D eigenvalue weighted by molar-refractivity contribution is 4.85. The van der Waals surface area contributed by atoms with E-state index in [4.69, 9.17) is 0 Å². The SMILES string of the molecule is CC=CCCC1C(C)CCCC1C(C)C. The van der Waals surface area contributed by atoms with E-state index in [1.165, 1.54) is 32.1 Å². The third kappa shape index (κ3) is 3.66. The summed E-state index contributed by atoms with van der Waals surface area (Å²) < 4.78 is 0. The van der Waals surface area contributed by atoms with Gasteiger partial charge in [-0.05, 0) is 49.9 Å². The van der Waals surface area contributed by atoms with E-state index in [1.807, 2.05) is 0 Å². The molecule has 0 aromatic rings. The summed E-state index contributed by atoms with van der Waals surface area (Å²) in [5.74, 6) is 3.80. The summed E-state index contributed by atoms with van der Waals surface area (Å²) in [4.78, 5) is 0. The van der Waals surface area contributed by atoms with E-state index >= 15 is 0 Å². The number of rotatable bonds is 4. The van der Waals surface area contributed by atoms with Gasteiger partial charge in [0.2, 0.25) is 0 Å². The Kier molecular flexibility index (Phi) is 5.42. The zero-order valence-corrected chi connectivity index (χ0v) is 11.0. The molecule has 0 amide bonds. The maximum Gasteiger partial charge on any atom is -0.0348 e. The molecule has 0 saturated heterocycles. The minimum absolute atomic E-state index is 0.878. The minimum atomic E-state index is 0.878. The van der Waals surface area contributed by atoms with Crippen molar-refractivity contribution in [1.29, 1.82) is 0 Å². The maximum absolute atomic E-state index is 2.47. The van der Waals surface area contributed by atoms with Crippen LogP contribution in [0.3, 0.4) is 0 Å². The van der Waals surface area contributed by atoms with Gasteiger partial charge in [0.05, 0.1) is 0 Å². The third-order valence-corrected chi connectivity index (χ3v) is 4.24. The van der Waals surface area contributed by atoms with Gasteiger partial charge in [-0.2, -0.15) is 0 Å². The molecule has 0 aromatic heterocycles. The Morgan fingerprint density at radius 1 is 1.27 bits per heavy atom. The summed E-state index contributed by atoms with van der Waals surface area (Å²) in [6.45, 7) is 9.41. The molecule has 0 heterocycles. The molecular formula is C15H28. The molecule has 3 atom stereocenters. The zero-order valence-electron chi connectivity index (χ0n) is 11.0. The molecule has 0 bridgehead atoms. The van der Waals surface area contributed by atoms with Crippen molar-refractivity contribution >= 4 is 0 Å². The van der Waals surface area contributed by atoms with E-state index in [2.05, 4.69) is 39.8 Å². The Hall–Kier alpha value is -0.260. The summed E-state index contributed by atoms with van der Waals surface area (Å²) in [5.41, 5.74) is 0. The summed E-state index contributed by atoms with van der Waals surface area (Å²) in [6, 6.07) is 0. The Morgan fingerprint density at radius 2 is 2.00 bits per heavy atom. The lowest BCUT2D eigenvalue weighted by atomic mass is 9.67. The molecule has 88 valence electrons. The largest absolute Gasteiger partial charge is 0.0917 e. The van der Waals surface area contributed by atoms with Crippen LogP contribution >= 0.6 is 0 Å². The molecule has 0 spiro atoms. The van der Waals surface area contributed by atoms with Crippen LogP contribution in [0.4, 0.5) is 0 Å². The first kappa shape index (κ1) is 12.8. The fraction of sp³-hybridized carbons (Fsp3) is 0.867. The van der Waals surface area contributed by atoms with E-state index in [1.54, 1.807) is 0 Å². The average Bonchev–Trinajstić information content (AvgIpc) is 2.20. The van der Waals surface area contributed by atoms with Crippen molar-refractivity contribution in [3.63, 3.8) is 0 Å². The van der Waals surface area contributed by atoms with E-state index < -0.39 is 0 Å². The van der Waals surface area contributed by atoms with Gasteiger partial charge in [-0.15, -0.1) is 0 Å². The summed E-state index contributed by atoms with van der Waals surface area (Å²) in [5, 5.41) is 0. The molecule has 0 heteroatoms. The Morgan fingerprint density at radius 3 is 2.60 bits per heavy atom. The van der Waals surface area contributed by atoms with Crippen LogP contribution < -0.4 is 0 Å². The highest BCUT2D eigenvalue weighted by atomic mass is 14.4. The van der Waals surface area contributed by atoms with Crippen molar-refractivity contribution in [3.05, 3.63) is 12.2 Å². The van der Waals surface area contributed by atoms with Gasteiger partial charge in [-0.1, -0.05) is 45.8 Å². The van der Waals surface area contributed by atoms with Crippen molar-refractivity contribution in [2.24, 2.45) is 23.7 Å². The topological polar surface area (TPSA) is 0 Å². The molecule has 0 aliphatic heterocycles. The minimum Gasteiger partial charge on any atom is -0.0917 e. The molecule has 1 saturated carbocycles. The van der Waals surface area contributed by atoms with Crippen LogP contribution in [0.25, 0.3) is 0 Å². The van der Waals surface area contributed by atoms with E-state index in [-0.39, 0.29) is 0 Å². The van der Waals surface area contributed by atoms with Gasteiger partial charge in [0.1, 0.15) is 0 Å². The van der Waals surface area contributed by atoms with Gasteiger partial charge >= 0.3 is 0 Å². The van der Waals surface area contributed by atoms with Crippen molar-refractivity contribution in [2.75, 3.05) is 0 Å².